The van der Waals surface area contributed by atoms with Gasteiger partial charge in [0, 0.05) is 12.6 Å². The van der Waals surface area contributed by atoms with Gasteiger partial charge in [0.1, 0.15) is 5.82 Å². The van der Waals surface area contributed by atoms with E-state index in [-0.39, 0.29) is 17.6 Å². The molecule has 0 bridgehead atoms. The Morgan fingerprint density at radius 3 is 2.74 bits per heavy atom. The minimum Gasteiger partial charge on any atom is -0.366 e. The molecule has 19 heavy (non-hydrogen) atoms. The van der Waals surface area contributed by atoms with Crippen LogP contribution in [0, 0.1) is 5.82 Å². The summed E-state index contributed by atoms with van der Waals surface area (Å²) in [6.07, 6.45) is 0. The quantitative estimate of drug-likeness (QED) is 0.875. The van der Waals surface area contributed by atoms with E-state index in [1.807, 2.05) is 0 Å². The van der Waals surface area contributed by atoms with Crippen LogP contribution in [-0.2, 0) is 0 Å². The number of hydrogen-bond donors (Lipinski definition) is 2. The molecule has 0 saturated heterocycles. The fraction of sp³-hybridized carbons (Fsp3) is 0.250. The van der Waals surface area contributed by atoms with Gasteiger partial charge in [0.05, 0.1) is 6.04 Å². The molecule has 1 heterocycles. The number of H-pyrrole nitrogens is 1. The Morgan fingerprint density at radius 2 is 2.16 bits per heavy atom. The summed E-state index contributed by atoms with van der Waals surface area (Å²) >= 11 is 0. The van der Waals surface area contributed by atoms with Crippen molar-refractivity contribution in [1.29, 1.82) is 0 Å². The number of nitrogens with one attached hydrogen (secondary N) is 1. The zero-order valence-corrected chi connectivity index (χ0v) is 10.6. The third kappa shape index (κ3) is 2.54. The van der Waals surface area contributed by atoms with Gasteiger partial charge in [-0.2, -0.15) is 4.98 Å². The van der Waals surface area contributed by atoms with Crippen molar-refractivity contribution in [3.05, 3.63) is 41.5 Å². The zero-order chi connectivity index (χ0) is 14.0. The first-order valence-corrected chi connectivity index (χ1v) is 5.70. The second-order valence-corrected chi connectivity index (χ2v) is 4.16. The van der Waals surface area contributed by atoms with Gasteiger partial charge < -0.3 is 10.6 Å². The predicted molar refractivity (Wildman–Crippen MR) is 67.7 cm³/mol. The van der Waals surface area contributed by atoms with E-state index in [1.54, 1.807) is 32.2 Å². The normalized spacial score (nSPS) is 12.2. The molecule has 1 aromatic carbocycles. The third-order valence-corrected chi connectivity index (χ3v) is 2.96. The number of hydrogen-bond acceptors (Lipinski definition) is 4. The van der Waals surface area contributed by atoms with E-state index in [1.165, 1.54) is 11.0 Å². The molecule has 0 fully saturated rings. The first-order valence-electron chi connectivity index (χ1n) is 5.70. The van der Waals surface area contributed by atoms with E-state index < -0.39 is 11.9 Å². The number of aromatic nitrogens is 3. The highest BCUT2D eigenvalue weighted by molar-refractivity contribution is 5.90. The number of nitrogen functional groups attached to an aromatic ring is 1. The number of rotatable bonds is 3. The highest BCUT2D eigenvalue weighted by Crippen LogP contribution is 2.22. The smallest absolute Gasteiger partial charge is 0.291 e. The number of anilines is 1. The summed E-state index contributed by atoms with van der Waals surface area (Å²) in [6.45, 7) is 1.73. The molecule has 2 aromatic rings. The van der Waals surface area contributed by atoms with Gasteiger partial charge in [-0.25, -0.2) is 4.39 Å². The zero-order valence-electron chi connectivity index (χ0n) is 10.6. The Bertz CT molecular complexity index is 597. The number of benzene rings is 1. The predicted octanol–water partition coefficient (Wildman–Crippen LogP) is 1.36. The standard InChI is InChI=1S/C12H14FN5O/c1-7(8-5-3-4-6-9(8)13)18(2)11(19)10-15-12(14)17-16-10/h3-7H,1-2H3,(H3,14,15,16,17). The summed E-state index contributed by atoms with van der Waals surface area (Å²) in [4.78, 5) is 17.2. The Balaban J connectivity index is 2.22. The van der Waals surface area contributed by atoms with Gasteiger partial charge in [-0.1, -0.05) is 18.2 Å². The van der Waals surface area contributed by atoms with Gasteiger partial charge in [0.2, 0.25) is 11.8 Å². The maximum atomic E-state index is 13.7. The van der Waals surface area contributed by atoms with Crippen LogP contribution in [0.15, 0.2) is 24.3 Å². The molecule has 3 N–H and O–H groups in total. The van der Waals surface area contributed by atoms with E-state index in [0.717, 1.165) is 0 Å². The van der Waals surface area contributed by atoms with Gasteiger partial charge in [0.25, 0.3) is 5.91 Å². The summed E-state index contributed by atoms with van der Waals surface area (Å²) in [5.74, 6) is -0.731. The highest BCUT2D eigenvalue weighted by atomic mass is 19.1. The summed E-state index contributed by atoms with van der Waals surface area (Å²) < 4.78 is 13.7. The number of aromatic amines is 1. The minimum absolute atomic E-state index is 0.00436. The molecule has 0 aliphatic rings. The van der Waals surface area contributed by atoms with Crippen molar-refractivity contribution in [2.75, 3.05) is 12.8 Å². The second-order valence-electron chi connectivity index (χ2n) is 4.16. The highest BCUT2D eigenvalue weighted by Gasteiger charge is 2.23. The van der Waals surface area contributed by atoms with Crippen molar-refractivity contribution in [2.45, 2.75) is 13.0 Å². The minimum atomic E-state index is -0.431. The maximum Gasteiger partial charge on any atom is 0.291 e. The van der Waals surface area contributed by atoms with Crippen molar-refractivity contribution < 1.29 is 9.18 Å². The third-order valence-electron chi connectivity index (χ3n) is 2.96. The van der Waals surface area contributed by atoms with Crippen LogP contribution in [0.3, 0.4) is 0 Å². The van der Waals surface area contributed by atoms with Crippen molar-refractivity contribution in [3.63, 3.8) is 0 Å². The first kappa shape index (κ1) is 13.0. The summed E-state index contributed by atoms with van der Waals surface area (Å²) in [7, 11) is 1.57. The summed E-state index contributed by atoms with van der Waals surface area (Å²) in [5.41, 5.74) is 5.78. The Kier molecular flexibility index (Phi) is 3.46. The number of halogens is 1. The topological polar surface area (TPSA) is 87.9 Å². The molecule has 100 valence electrons. The molecule has 7 heteroatoms. The maximum absolute atomic E-state index is 13.7. The van der Waals surface area contributed by atoms with Crippen LogP contribution >= 0.6 is 0 Å². The van der Waals surface area contributed by atoms with Gasteiger partial charge in [-0.15, -0.1) is 5.10 Å². The van der Waals surface area contributed by atoms with Gasteiger partial charge in [-0.05, 0) is 13.0 Å². The Labute approximate surface area is 109 Å². The second kappa shape index (κ2) is 5.05. The molecule has 1 atom stereocenters. The molecular weight excluding hydrogens is 249 g/mol. The SMILES string of the molecule is CC(c1ccccc1F)N(C)C(=O)c1nc(N)n[nH]1. The fourth-order valence-electron chi connectivity index (χ4n) is 1.74. The lowest BCUT2D eigenvalue weighted by Crippen LogP contribution is -2.31. The van der Waals surface area contributed by atoms with E-state index >= 15 is 0 Å². The molecular formula is C12H14FN5O. The van der Waals surface area contributed by atoms with Crippen molar-refractivity contribution in [1.82, 2.24) is 20.1 Å². The Hall–Kier alpha value is -2.44. The van der Waals surface area contributed by atoms with Crippen LogP contribution in [0.2, 0.25) is 0 Å². The van der Waals surface area contributed by atoms with Crippen LogP contribution in [0.25, 0.3) is 0 Å². The molecule has 0 saturated carbocycles. The van der Waals surface area contributed by atoms with Crippen molar-refractivity contribution in [2.24, 2.45) is 0 Å². The molecule has 1 unspecified atom stereocenters. The molecule has 1 aromatic heterocycles. The molecule has 0 aliphatic carbocycles. The van der Waals surface area contributed by atoms with E-state index in [4.69, 9.17) is 5.73 Å². The largest absolute Gasteiger partial charge is 0.366 e. The summed E-state index contributed by atoms with van der Waals surface area (Å²) in [6, 6.07) is 5.89. The fourth-order valence-corrected chi connectivity index (χ4v) is 1.74. The molecule has 0 aliphatic heterocycles. The summed E-state index contributed by atoms with van der Waals surface area (Å²) in [5, 5.41) is 6.03. The average Bonchev–Trinajstić information content (AvgIpc) is 2.83. The molecule has 0 radical (unpaired) electrons. The van der Waals surface area contributed by atoms with Crippen LogP contribution in [0.5, 0.6) is 0 Å². The number of carbonyl (C=O) groups excluding carboxylic acids is 1. The number of nitrogens with zero attached hydrogens (tertiary/aromatic N) is 3. The lowest BCUT2D eigenvalue weighted by molar-refractivity contribution is 0.0728. The lowest BCUT2D eigenvalue weighted by atomic mass is 10.1. The van der Waals surface area contributed by atoms with Gasteiger partial charge in [0.15, 0.2) is 0 Å². The molecule has 0 spiro atoms. The van der Waals surface area contributed by atoms with Crippen LogP contribution in [0.1, 0.15) is 29.1 Å². The van der Waals surface area contributed by atoms with E-state index in [9.17, 15) is 9.18 Å². The monoisotopic (exact) mass is 263 g/mol. The average molecular weight is 263 g/mol. The van der Waals surface area contributed by atoms with Crippen LogP contribution in [0.4, 0.5) is 10.3 Å². The number of carbonyl (C=O) groups is 1. The number of nitrogens with two attached hydrogens (primary N) is 1. The number of amides is 1. The Morgan fingerprint density at radius 1 is 1.47 bits per heavy atom. The van der Waals surface area contributed by atoms with Gasteiger partial charge in [-0.3, -0.25) is 9.89 Å². The lowest BCUT2D eigenvalue weighted by Gasteiger charge is -2.24. The first-order chi connectivity index (χ1) is 9.00. The molecule has 2 rings (SSSR count). The molecule has 6 nitrogen and oxygen atoms in total. The van der Waals surface area contributed by atoms with Crippen LogP contribution < -0.4 is 5.73 Å². The van der Waals surface area contributed by atoms with Gasteiger partial charge >= 0.3 is 0 Å². The van der Waals surface area contributed by atoms with Crippen LogP contribution in [-0.4, -0.2) is 33.0 Å². The van der Waals surface area contributed by atoms with E-state index in [2.05, 4.69) is 15.2 Å². The van der Waals surface area contributed by atoms with Crippen molar-refractivity contribution in [3.8, 4) is 0 Å². The molecule has 1 amide bonds. The van der Waals surface area contributed by atoms with Crippen molar-refractivity contribution >= 4 is 11.9 Å². The van der Waals surface area contributed by atoms with E-state index in [0.29, 0.717) is 5.56 Å².